The van der Waals surface area contributed by atoms with Gasteiger partial charge < -0.3 is 14.5 Å². The quantitative estimate of drug-likeness (QED) is 0.337. The first-order chi connectivity index (χ1) is 16.8. The monoisotopic (exact) mass is 462 g/mol. The van der Waals surface area contributed by atoms with Crippen molar-refractivity contribution in [3.63, 3.8) is 0 Å². The standard InChI is InChI=1S/C31H46N2O/c1-27(28-14-6-4-7-15-28)26-33-24-19-30(20-25-33)34-31-18-10-9-17-29(31)16-8-5-13-23-32-21-11-2-3-12-22-32/h4,6-7,9-10,14-15,17-18,27,30H,2-3,5,8,11-13,16,19-26H2,1H3. The number of benzene rings is 2. The summed E-state index contributed by atoms with van der Waals surface area (Å²) >= 11 is 0. The van der Waals surface area contributed by atoms with Crippen molar-refractivity contribution >= 4 is 0 Å². The lowest BCUT2D eigenvalue weighted by Gasteiger charge is -2.34. The van der Waals surface area contributed by atoms with Gasteiger partial charge in [0.1, 0.15) is 11.9 Å². The first-order valence-corrected chi connectivity index (χ1v) is 14.0. The molecule has 0 radical (unpaired) electrons. The van der Waals surface area contributed by atoms with E-state index in [1.807, 2.05) is 0 Å². The number of likely N-dealkylation sites (tertiary alicyclic amines) is 2. The third kappa shape index (κ3) is 8.13. The SMILES string of the molecule is CC(CN1CCC(Oc2ccccc2CCCCCN2CCCCCC2)CC1)c1ccccc1. The minimum atomic E-state index is 0.354. The average Bonchev–Trinajstić information content (AvgIpc) is 3.15. The lowest BCUT2D eigenvalue weighted by Crippen LogP contribution is -2.40. The van der Waals surface area contributed by atoms with E-state index in [4.69, 9.17) is 4.74 Å². The van der Waals surface area contributed by atoms with Crippen molar-refractivity contribution < 1.29 is 4.74 Å². The van der Waals surface area contributed by atoms with Crippen molar-refractivity contribution in [2.24, 2.45) is 0 Å². The van der Waals surface area contributed by atoms with E-state index in [9.17, 15) is 0 Å². The van der Waals surface area contributed by atoms with Crippen LogP contribution in [0.25, 0.3) is 0 Å². The molecule has 1 unspecified atom stereocenters. The molecule has 2 aromatic carbocycles. The van der Waals surface area contributed by atoms with Gasteiger partial charge in [-0.25, -0.2) is 0 Å². The summed E-state index contributed by atoms with van der Waals surface area (Å²) in [6, 6.07) is 19.7. The highest BCUT2D eigenvalue weighted by molar-refractivity contribution is 5.33. The number of unbranched alkanes of at least 4 members (excludes halogenated alkanes) is 2. The van der Waals surface area contributed by atoms with Crippen LogP contribution in [-0.2, 0) is 6.42 Å². The second-order valence-corrected chi connectivity index (χ2v) is 10.6. The summed E-state index contributed by atoms with van der Waals surface area (Å²) in [4.78, 5) is 5.31. The molecule has 2 fully saturated rings. The largest absolute Gasteiger partial charge is 0.490 e. The predicted octanol–water partition coefficient (Wildman–Crippen LogP) is 6.92. The smallest absolute Gasteiger partial charge is 0.122 e. The van der Waals surface area contributed by atoms with Crippen LogP contribution >= 0.6 is 0 Å². The molecule has 4 rings (SSSR count). The van der Waals surface area contributed by atoms with Crippen LogP contribution in [0.5, 0.6) is 5.75 Å². The van der Waals surface area contributed by atoms with Gasteiger partial charge in [-0.15, -0.1) is 0 Å². The maximum absolute atomic E-state index is 6.56. The molecule has 2 aromatic rings. The van der Waals surface area contributed by atoms with Gasteiger partial charge >= 0.3 is 0 Å². The lowest BCUT2D eigenvalue weighted by molar-refractivity contribution is 0.0970. The Morgan fingerprint density at radius 2 is 1.47 bits per heavy atom. The van der Waals surface area contributed by atoms with Crippen LogP contribution in [0.4, 0.5) is 0 Å². The Balaban J connectivity index is 1.16. The molecule has 0 N–H and O–H groups in total. The zero-order chi connectivity index (χ0) is 23.4. The second-order valence-electron chi connectivity index (χ2n) is 10.6. The molecule has 34 heavy (non-hydrogen) atoms. The van der Waals surface area contributed by atoms with Crippen molar-refractivity contribution in [3.8, 4) is 5.75 Å². The van der Waals surface area contributed by atoms with E-state index in [-0.39, 0.29) is 0 Å². The summed E-state index contributed by atoms with van der Waals surface area (Å²) in [6.45, 7) is 9.70. The van der Waals surface area contributed by atoms with Crippen molar-refractivity contribution in [2.75, 3.05) is 39.3 Å². The van der Waals surface area contributed by atoms with Crippen molar-refractivity contribution in [2.45, 2.75) is 83.2 Å². The van der Waals surface area contributed by atoms with Crippen LogP contribution < -0.4 is 4.74 Å². The van der Waals surface area contributed by atoms with Crippen LogP contribution in [-0.4, -0.2) is 55.2 Å². The Bertz CT molecular complexity index is 807. The molecular weight excluding hydrogens is 416 g/mol. The molecule has 2 aliphatic heterocycles. The van der Waals surface area contributed by atoms with Gasteiger partial charge in [-0.2, -0.15) is 0 Å². The van der Waals surface area contributed by atoms with Gasteiger partial charge in [-0.1, -0.05) is 74.7 Å². The maximum Gasteiger partial charge on any atom is 0.122 e. The minimum Gasteiger partial charge on any atom is -0.490 e. The normalized spacial score (nSPS) is 19.6. The van der Waals surface area contributed by atoms with Crippen molar-refractivity contribution in [3.05, 3.63) is 65.7 Å². The molecule has 0 aliphatic carbocycles. The number of nitrogens with zero attached hydrogens (tertiary/aromatic N) is 2. The van der Waals surface area contributed by atoms with Gasteiger partial charge in [-0.3, -0.25) is 0 Å². The molecule has 0 spiro atoms. The molecule has 3 heteroatoms. The summed E-state index contributed by atoms with van der Waals surface area (Å²) in [5, 5.41) is 0. The summed E-state index contributed by atoms with van der Waals surface area (Å²) in [5.74, 6) is 1.71. The van der Waals surface area contributed by atoms with Gasteiger partial charge in [0.05, 0.1) is 0 Å². The van der Waals surface area contributed by atoms with Crippen molar-refractivity contribution in [1.82, 2.24) is 9.80 Å². The molecule has 0 bridgehead atoms. The topological polar surface area (TPSA) is 15.7 Å². The number of hydrogen-bond acceptors (Lipinski definition) is 3. The first kappa shape index (κ1) is 25.3. The Labute approximate surface area is 208 Å². The van der Waals surface area contributed by atoms with E-state index < -0.39 is 0 Å². The second kappa shape index (κ2) is 13.9. The number of hydrogen-bond donors (Lipinski definition) is 0. The molecule has 0 saturated carbocycles. The van der Waals surface area contributed by atoms with Crippen LogP contribution in [0.3, 0.4) is 0 Å². The van der Waals surface area contributed by atoms with Crippen LogP contribution in [0, 0.1) is 0 Å². The van der Waals surface area contributed by atoms with Crippen LogP contribution in [0.1, 0.15) is 81.8 Å². The highest BCUT2D eigenvalue weighted by Crippen LogP contribution is 2.26. The number of rotatable bonds is 11. The molecule has 3 nitrogen and oxygen atoms in total. The fourth-order valence-corrected chi connectivity index (χ4v) is 5.68. The molecule has 0 amide bonds. The van der Waals surface area contributed by atoms with Gasteiger partial charge in [0, 0.05) is 19.6 Å². The molecule has 2 aliphatic rings. The zero-order valence-electron chi connectivity index (χ0n) is 21.5. The third-order valence-electron chi connectivity index (χ3n) is 7.82. The van der Waals surface area contributed by atoms with E-state index in [0.29, 0.717) is 12.0 Å². The summed E-state index contributed by atoms with van der Waals surface area (Å²) in [6.07, 6.45) is 13.3. The molecule has 2 heterocycles. The molecule has 0 aromatic heterocycles. The number of aryl methyl sites for hydroxylation is 1. The van der Waals surface area contributed by atoms with Crippen LogP contribution in [0.15, 0.2) is 54.6 Å². The van der Waals surface area contributed by atoms with Crippen LogP contribution in [0.2, 0.25) is 0 Å². The van der Waals surface area contributed by atoms with E-state index in [2.05, 4.69) is 71.3 Å². The Kier molecular flexibility index (Phi) is 10.3. The van der Waals surface area contributed by atoms with E-state index >= 15 is 0 Å². The maximum atomic E-state index is 6.56. The third-order valence-corrected chi connectivity index (χ3v) is 7.82. The number of para-hydroxylation sites is 1. The fraction of sp³-hybridized carbons (Fsp3) is 0.613. The average molecular weight is 463 g/mol. The van der Waals surface area contributed by atoms with Gasteiger partial charge in [0.15, 0.2) is 0 Å². The van der Waals surface area contributed by atoms with E-state index in [1.54, 1.807) is 0 Å². The summed E-state index contributed by atoms with van der Waals surface area (Å²) in [5.41, 5.74) is 2.85. The Hall–Kier alpha value is -1.84. The molecule has 1 atom stereocenters. The summed E-state index contributed by atoms with van der Waals surface area (Å²) in [7, 11) is 0. The Morgan fingerprint density at radius 3 is 2.24 bits per heavy atom. The van der Waals surface area contributed by atoms with Gasteiger partial charge in [-0.05, 0) is 87.7 Å². The minimum absolute atomic E-state index is 0.354. The number of piperidine rings is 1. The zero-order valence-corrected chi connectivity index (χ0v) is 21.5. The predicted molar refractivity (Wildman–Crippen MR) is 144 cm³/mol. The van der Waals surface area contributed by atoms with Crippen molar-refractivity contribution in [1.29, 1.82) is 0 Å². The molecule has 186 valence electrons. The highest BCUT2D eigenvalue weighted by Gasteiger charge is 2.22. The van der Waals surface area contributed by atoms with E-state index in [1.165, 1.54) is 75.7 Å². The number of ether oxygens (including phenoxy) is 1. The fourth-order valence-electron chi connectivity index (χ4n) is 5.68. The lowest BCUT2D eigenvalue weighted by atomic mass is 9.99. The molecular formula is C31H46N2O. The highest BCUT2D eigenvalue weighted by atomic mass is 16.5. The Morgan fingerprint density at radius 1 is 0.765 bits per heavy atom. The first-order valence-electron chi connectivity index (χ1n) is 14.0. The van der Waals surface area contributed by atoms with Gasteiger partial charge in [0.25, 0.3) is 0 Å². The summed E-state index contributed by atoms with van der Waals surface area (Å²) < 4.78 is 6.56. The molecule has 2 saturated heterocycles. The van der Waals surface area contributed by atoms with Gasteiger partial charge in [0.2, 0.25) is 0 Å². The van der Waals surface area contributed by atoms with E-state index in [0.717, 1.165) is 44.6 Å².